The van der Waals surface area contributed by atoms with Crippen molar-refractivity contribution in [3.05, 3.63) is 71.3 Å². The summed E-state index contributed by atoms with van der Waals surface area (Å²) in [6, 6.07) is 15.1. The van der Waals surface area contributed by atoms with E-state index in [-0.39, 0.29) is 17.9 Å². The molecular formula is C31H41NO5S. The first-order valence-corrected chi connectivity index (χ1v) is 14.9. The Balaban J connectivity index is 1.53. The van der Waals surface area contributed by atoms with Gasteiger partial charge in [-0.15, -0.1) is 0 Å². The van der Waals surface area contributed by atoms with Crippen molar-refractivity contribution in [2.75, 3.05) is 37.7 Å². The van der Waals surface area contributed by atoms with E-state index in [1.54, 1.807) is 12.1 Å². The summed E-state index contributed by atoms with van der Waals surface area (Å²) in [6.45, 7) is 4.33. The maximum absolute atomic E-state index is 11.2. The van der Waals surface area contributed by atoms with Crippen LogP contribution in [0, 0.1) is 5.92 Å². The highest BCUT2D eigenvalue weighted by molar-refractivity contribution is 7.99. The van der Waals surface area contributed by atoms with Crippen LogP contribution in [0.5, 0.6) is 5.75 Å². The summed E-state index contributed by atoms with van der Waals surface area (Å²) < 4.78 is 6.15. The molecule has 1 fully saturated rings. The van der Waals surface area contributed by atoms with Gasteiger partial charge < -0.3 is 19.8 Å². The van der Waals surface area contributed by atoms with Gasteiger partial charge in [-0.2, -0.15) is 11.8 Å². The predicted molar refractivity (Wildman–Crippen MR) is 155 cm³/mol. The fourth-order valence-corrected chi connectivity index (χ4v) is 5.62. The first kappa shape index (κ1) is 29.8. The molecule has 1 saturated heterocycles. The molecular weight excluding hydrogens is 498 g/mol. The third-order valence-electron chi connectivity index (χ3n) is 6.86. The maximum Gasteiger partial charge on any atom is 0.335 e. The van der Waals surface area contributed by atoms with Crippen molar-refractivity contribution in [3.63, 3.8) is 0 Å². The lowest BCUT2D eigenvalue weighted by molar-refractivity contribution is -0.137. The second-order valence-electron chi connectivity index (χ2n) is 9.87. The van der Waals surface area contributed by atoms with E-state index in [0.29, 0.717) is 13.0 Å². The molecule has 0 aromatic heterocycles. The average Bonchev–Trinajstić information content (AvgIpc) is 2.92. The molecule has 3 rings (SSSR count). The Labute approximate surface area is 231 Å². The van der Waals surface area contributed by atoms with E-state index in [2.05, 4.69) is 23.1 Å². The largest absolute Gasteiger partial charge is 0.493 e. The van der Waals surface area contributed by atoms with Crippen LogP contribution in [-0.2, 0) is 11.2 Å². The first-order valence-electron chi connectivity index (χ1n) is 13.8. The Morgan fingerprint density at radius 1 is 0.947 bits per heavy atom. The van der Waals surface area contributed by atoms with E-state index in [0.717, 1.165) is 42.6 Å². The molecule has 1 atom stereocenters. The van der Waals surface area contributed by atoms with Gasteiger partial charge in [0.2, 0.25) is 0 Å². The number of carbonyl (C=O) groups is 2. The van der Waals surface area contributed by atoms with Gasteiger partial charge in [0.15, 0.2) is 0 Å². The van der Waals surface area contributed by atoms with E-state index < -0.39 is 11.9 Å². The Hall–Kier alpha value is -2.77. The minimum Gasteiger partial charge on any atom is -0.493 e. The number of nitrogens with zero attached hydrogens (tertiary/aromatic N) is 1. The number of benzene rings is 2. The highest BCUT2D eigenvalue weighted by atomic mass is 32.2. The first-order chi connectivity index (χ1) is 18.5. The van der Waals surface area contributed by atoms with Gasteiger partial charge in [-0.25, -0.2) is 4.79 Å². The summed E-state index contributed by atoms with van der Waals surface area (Å²) in [5, 5.41) is 18.1. The number of allylic oxidation sites excluding steroid dienone is 1. The maximum atomic E-state index is 11.2. The van der Waals surface area contributed by atoms with Crippen molar-refractivity contribution in [2.45, 2.75) is 51.4 Å². The van der Waals surface area contributed by atoms with Gasteiger partial charge in [-0.1, -0.05) is 48.9 Å². The molecule has 1 heterocycles. The number of hydrogen-bond acceptors (Lipinski definition) is 5. The molecule has 2 aromatic rings. The van der Waals surface area contributed by atoms with Crippen molar-refractivity contribution in [1.29, 1.82) is 0 Å². The van der Waals surface area contributed by atoms with Crippen molar-refractivity contribution in [3.8, 4) is 5.75 Å². The van der Waals surface area contributed by atoms with Crippen LogP contribution in [0.1, 0.15) is 66.4 Å². The van der Waals surface area contributed by atoms with Crippen molar-refractivity contribution < 1.29 is 24.5 Å². The molecule has 1 aliphatic rings. The minimum absolute atomic E-state index is 0.178. The fourth-order valence-electron chi connectivity index (χ4n) is 4.65. The molecule has 206 valence electrons. The Bertz CT molecular complexity index is 1020. The molecule has 6 nitrogen and oxygen atoms in total. The monoisotopic (exact) mass is 539 g/mol. The number of hydrogen-bond donors (Lipinski definition) is 2. The zero-order valence-corrected chi connectivity index (χ0v) is 23.0. The SMILES string of the molecule is O=C(O)CCCCC(C=Cc1ccccc1OCCCCCN1CCSCC1)Cc1ccc(C(=O)O)cc1. The van der Waals surface area contributed by atoms with Crippen LogP contribution < -0.4 is 4.74 Å². The molecule has 0 aliphatic carbocycles. The lowest BCUT2D eigenvalue weighted by Crippen LogP contribution is -2.33. The van der Waals surface area contributed by atoms with Crippen LogP contribution >= 0.6 is 11.8 Å². The number of ether oxygens (including phenoxy) is 1. The van der Waals surface area contributed by atoms with Gasteiger partial charge in [-0.3, -0.25) is 4.79 Å². The van der Waals surface area contributed by atoms with Crippen LogP contribution in [0.25, 0.3) is 6.08 Å². The predicted octanol–water partition coefficient (Wildman–Crippen LogP) is 6.50. The van der Waals surface area contributed by atoms with Gasteiger partial charge in [0.25, 0.3) is 0 Å². The lowest BCUT2D eigenvalue weighted by Gasteiger charge is -2.25. The number of aromatic carboxylic acids is 1. The Kier molecular flexibility index (Phi) is 13.3. The van der Waals surface area contributed by atoms with Gasteiger partial charge in [0, 0.05) is 36.6 Å². The van der Waals surface area contributed by atoms with E-state index in [4.69, 9.17) is 14.9 Å². The highest BCUT2D eigenvalue weighted by Crippen LogP contribution is 2.24. The fraction of sp³-hybridized carbons (Fsp3) is 0.484. The van der Waals surface area contributed by atoms with E-state index in [1.807, 2.05) is 42.1 Å². The molecule has 38 heavy (non-hydrogen) atoms. The number of para-hydroxylation sites is 1. The number of carboxylic acids is 2. The van der Waals surface area contributed by atoms with Gasteiger partial charge in [0.05, 0.1) is 12.2 Å². The summed E-state index contributed by atoms with van der Waals surface area (Å²) in [5.41, 5.74) is 2.38. The molecule has 1 aliphatic heterocycles. The summed E-state index contributed by atoms with van der Waals surface area (Å²) in [7, 11) is 0. The number of carboxylic acid groups (broad SMARTS) is 2. The molecule has 0 saturated carbocycles. The van der Waals surface area contributed by atoms with Crippen molar-refractivity contribution >= 4 is 29.8 Å². The topological polar surface area (TPSA) is 87.1 Å². The molecule has 2 N–H and O–H groups in total. The van der Waals surface area contributed by atoms with Crippen LogP contribution in [-0.4, -0.2) is 64.8 Å². The van der Waals surface area contributed by atoms with Crippen molar-refractivity contribution in [1.82, 2.24) is 4.90 Å². The molecule has 7 heteroatoms. The zero-order chi connectivity index (χ0) is 27.0. The van der Waals surface area contributed by atoms with Crippen LogP contribution in [0.15, 0.2) is 54.6 Å². The zero-order valence-electron chi connectivity index (χ0n) is 22.2. The van der Waals surface area contributed by atoms with Gasteiger partial charge in [0.1, 0.15) is 5.75 Å². The summed E-state index contributed by atoms with van der Waals surface area (Å²) in [5.74, 6) is 1.91. The highest BCUT2D eigenvalue weighted by Gasteiger charge is 2.11. The molecule has 2 aromatic carbocycles. The average molecular weight is 540 g/mol. The molecule has 0 spiro atoms. The molecule has 0 bridgehead atoms. The summed E-state index contributed by atoms with van der Waals surface area (Å²) in [4.78, 5) is 24.6. The lowest BCUT2D eigenvalue weighted by atomic mass is 9.92. The van der Waals surface area contributed by atoms with Crippen LogP contribution in [0.4, 0.5) is 0 Å². The third kappa shape index (κ3) is 11.3. The number of aliphatic carboxylic acids is 1. The normalized spacial score (nSPS) is 14.9. The second kappa shape index (κ2) is 16.9. The minimum atomic E-state index is -0.931. The number of thioether (sulfide) groups is 1. The van der Waals surface area contributed by atoms with E-state index in [9.17, 15) is 9.59 Å². The molecule has 0 amide bonds. The standard InChI is InChI=1S/C31H41NO5S/c33-30(34)11-5-2-8-25(24-26-13-16-28(17-14-26)31(35)36)12-15-27-9-3-4-10-29(27)37-21-7-1-6-18-32-19-22-38-23-20-32/h3-4,9-10,12-17,25H,1-2,5-8,11,18-24H2,(H,33,34)(H,35,36). The number of unbranched alkanes of at least 4 members (excludes halogenated alkanes) is 3. The van der Waals surface area contributed by atoms with Crippen LogP contribution in [0.2, 0.25) is 0 Å². The van der Waals surface area contributed by atoms with Crippen molar-refractivity contribution in [2.24, 2.45) is 5.92 Å². The Morgan fingerprint density at radius 3 is 2.45 bits per heavy atom. The van der Waals surface area contributed by atoms with E-state index in [1.165, 1.54) is 44.0 Å². The summed E-state index contributed by atoms with van der Waals surface area (Å²) >= 11 is 2.05. The summed E-state index contributed by atoms with van der Waals surface area (Å²) in [6.07, 6.45) is 11.0. The van der Waals surface area contributed by atoms with E-state index >= 15 is 0 Å². The van der Waals surface area contributed by atoms with Gasteiger partial charge >= 0.3 is 11.9 Å². The molecule has 1 unspecified atom stereocenters. The van der Waals surface area contributed by atoms with Crippen LogP contribution in [0.3, 0.4) is 0 Å². The molecule has 0 radical (unpaired) electrons. The van der Waals surface area contributed by atoms with Gasteiger partial charge in [-0.05, 0) is 74.8 Å². The quantitative estimate of drug-likeness (QED) is 0.222. The Morgan fingerprint density at radius 2 is 1.71 bits per heavy atom. The smallest absolute Gasteiger partial charge is 0.335 e. The third-order valence-corrected chi connectivity index (χ3v) is 7.80. The number of rotatable bonds is 17. The second-order valence-corrected chi connectivity index (χ2v) is 11.1.